The van der Waals surface area contributed by atoms with E-state index in [-0.39, 0.29) is 32.7 Å². The molecule has 0 saturated carbocycles. The Bertz CT molecular complexity index is 138. The van der Waals surface area contributed by atoms with Gasteiger partial charge in [-0.25, -0.2) is 0 Å². The van der Waals surface area contributed by atoms with Gasteiger partial charge in [-0.1, -0.05) is 0 Å². The van der Waals surface area contributed by atoms with Crippen molar-refractivity contribution in [1.29, 1.82) is 0 Å². The van der Waals surface area contributed by atoms with Crippen LogP contribution in [0.4, 0.5) is 0 Å². The van der Waals surface area contributed by atoms with Crippen LogP contribution >= 0.6 is 0 Å². The number of rotatable bonds is 0. The summed E-state index contributed by atoms with van der Waals surface area (Å²) in [5.74, 6) is 0. The molecular weight excluding hydrogens is 161 g/mol. The van der Waals surface area contributed by atoms with Crippen LogP contribution in [0.3, 0.4) is 0 Å². The maximum atomic E-state index is 6.96. The Morgan fingerprint density at radius 2 is 2.14 bits per heavy atom. The predicted molar refractivity (Wildman–Crippen MR) is 25.3 cm³/mol. The van der Waals surface area contributed by atoms with E-state index in [1.165, 1.54) is 0 Å². The van der Waals surface area contributed by atoms with Crippen LogP contribution in [0.2, 0.25) is 0 Å². The molecular formula is C6H5Y-. The molecule has 1 radical (unpaired) electrons. The summed E-state index contributed by atoms with van der Waals surface area (Å²) in [6, 6.07) is 10.2. The number of hydrogen-bond donors (Lipinski definition) is 0. The molecule has 0 aliphatic heterocycles. The Kier molecular flexibility index (Phi) is 3.50. The van der Waals surface area contributed by atoms with E-state index in [9.17, 15) is 0 Å². The molecule has 1 heteroatoms. The summed E-state index contributed by atoms with van der Waals surface area (Å²) in [6.07, 6.45) is 0. The second kappa shape index (κ2) is 4.48. The fourth-order valence-electron chi connectivity index (χ4n) is 0.304. The maximum Gasteiger partial charge on any atom is 0 e. The summed E-state index contributed by atoms with van der Waals surface area (Å²) >= 11 is 0. The van der Waals surface area contributed by atoms with Gasteiger partial charge in [-0.15, -0.1) is 0 Å². The van der Waals surface area contributed by atoms with E-state index >= 15 is 0 Å². The first-order chi connectivity index (χ1) is 3.39. The van der Waals surface area contributed by atoms with Crippen molar-refractivity contribution >= 4 is 0 Å². The van der Waals surface area contributed by atoms with Crippen molar-refractivity contribution in [2.24, 2.45) is 0 Å². The third-order valence-electron chi connectivity index (χ3n) is 0.552. The van der Waals surface area contributed by atoms with Gasteiger partial charge < -0.3 is 0 Å². The van der Waals surface area contributed by atoms with Crippen LogP contribution in [0.25, 0.3) is 0 Å². The second-order valence-corrected chi connectivity index (χ2v) is 1.00. The average molecular weight is 168 g/mol. The molecule has 0 heterocycles. The summed E-state index contributed by atoms with van der Waals surface area (Å²) in [4.78, 5) is 0. The summed E-state index contributed by atoms with van der Waals surface area (Å²) in [6.45, 7) is 0. The zero-order valence-corrected chi connectivity index (χ0v) is 6.73. The van der Waals surface area contributed by atoms with Gasteiger partial charge in [-0.3, -0.25) is 0 Å². The molecule has 0 aliphatic rings. The first-order valence-corrected chi connectivity index (χ1v) is 1.82. The molecule has 0 bridgehead atoms. The zero-order valence-electron chi connectivity index (χ0n) is 4.89. The normalized spacial score (nSPS) is 8.86. The molecule has 33 valence electrons. The number of benzene rings is 1. The standard InChI is InChI=1S/C6H5.Y/c1-2-4-6-5-3-1;/h1-5H;/q-1;/i2T;. The fraction of sp³-hybridized carbons (Fsp3) is 0. The molecule has 0 fully saturated rings. The molecule has 0 nitrogen and oxygen atoms in total. The van der Waals surface area contributed by atoms with Crippen molar-refractivity contribution in [1.82, 2.24) is 0 Å². The first kappa shape index (κ1) is 5.46. The van der Waals surface area contributed by atoms with Crippen molar-refractivity contribution < 1.29 is 34.1 Å². The minimum absolute atomic E-state index is 0. The van der Waals surface area contributed by atoms with Crippen molar-refractivity contribution in [3.8, 4) is 0 Å². The van der Waals surface area contributed by atoms with Crippen molar-refractivity contribution in [2.45, 2.75) is 0 Å². The quantitative estimate of drug-likeness (QED) is 0.514. The summed E-state index contributed by atoms with van der Waals surface area (Å²) < 4.78 is 6.96. The monoisotopic (exact) mass is 168 g/mol. The van der Waals surface area contributed by atoms with E-state index in [2.05, 4.69) is 6.07 Å². The zero-order chi connectivity index (χ0) is 5.11. The van der Waals surface area contributed by atoms with Gasteiger partial charge in [0.05, 0.1) is 0 Å². The van der Waals surface area contributed by atoms with E-state index in [1.54, 1.807) is 24.3 Å². The molecule has 0 aliphatic carbocycles. The minimum atomic E-state index is 0. The summed E-state index contributed by atoms with van der Waals surface area (Å²) in [5.41, 5.74) is 0. The molecule has 0 amide bonds. The number of hydrogen-bond acceptors (Lipinski definition) is 0. The van der Waals surface area contributed by atoms with Gasteiger partial charge in [0.25, 0.3) is 0 Å². The Hall–Kier alpha value is 0.324. The van der Waals surface area contributed by atoms with Gasteiger partial charge in [-0.05, 0) is 1.37 Å². The largest absolute Gasteiger partial charge is 0.184 e. The first-order valence-electron chi connectivity index (χ1n) is 2.32. The van der Waals surface area contributed by atoms with Crippen LogP contribution in [0.5, 0.6) is 0 Å². The van der Waals surface area contributed by atoms with Crippen LogP contribution in [0.15, 0.2) is 30.3 Å². The minimum Gasteiger partial charge on any atom is -0.184 e. The Morgan fingerprint density at radius 1 is 1.29 bits per heavy atom. The van der Waals surface area contributed by atoms with Crippen molar-refractivity contribution in [2.75, 3.05) is 0 Å². The van der Waals surface area contributed by atoms with Crippen LogP contribution in [-0.2, 0) is 32.7 Å². The fourth-order valence-corrected chi connectivity index (χ4v) is 0.304. The van der Waals surface area contributed by atoms with Gasteiger partial charge in [-0.2, -0.15) is 36.4 Å². The molecule has 1 rings (SSSR count). The summed E-state index contributed by atoms with van der Waals surface area (Å²) in [7, 11) is 0. The van der Waals surface area contributed by atoms with Gasteiger partial charge in [0.1, 0.15) is 0 Å². The van der Waals surface area contributed by atoms with Crippen LogP contribution in [0, 0.1) is 6.07 Å². The molecule has 0 unspecified atom stereocenters. The smallest absolute Gasteiger partial charge is 0 e. The molecule has 0 N–H and O–H groups in total. The molecule has 0 saturated heterocycles. The second-order valence-electron chi connectivity index (χ2n) is 1.00. The molecule has 7 heavy (non-hydrogen) atoms. The maximum absolute atomic E-state index is 6.96. The SMILES string of the molecule is [3H]c1c[c-]ccc1.[Y]. The Morgan fingerprint density at radius 3 is 2.43 bits per heavy atom. The molecule has 0 atom stereocenters. The average Bonchev–Trinajstić information content (AvgIpc) is 1.69. The van der Waals surface area contributed by atoms with Crippen LogP contribution in [0.1, 0.15) is 1.37 Å². The molecule has 0 spiro atoms. The van der Waals surface area contributed by atoms with Gasteiger partial charge in [0, 0.05) is 32.7 Å². The van der Waals surface area contributed by atoms with E-state index < -0.39 is 0 Å². The van der Waals surface area contributed by atoms with Crippen molar-refractivity contribution in [3.05, 3.63) is 36.4 Å². The van der Waals surface area contributed by atoms with Crippen molar-refractivity contribution in [3.63, 3.8) is 0 Å². The van der Waals surface area contributed by atoms with Crippen LogP contribution < -0.4 is 0 Å². The Labute approximate surface area is 70.2 Å². The van der Waals surface area contributed by atoms with Crippen LogP contribution in [-0.4, -0.2) is 0 Å². The summed E-state index contributed by atoms with van der Waals surface area (Å²) in [5, 5.41) is 0. The van der Waals surface area contributed by atoms with E-state index in [0.29, 0.717) is 6.04 Å². The predicted octanol–water partition coefficient (Wildman–Crippen LogP) is 1.48. The van der Waals surface area contributed by atoms with E-state index in [4.69, 9.17) is 1.37 Å². The third-order valence-corrected chi connectivity index (χ3v) is 0.552. The topological polar surface area (TPSA) is 0 Å². The Balaban J connectivity index is 0.000000490. The van der Waals surface area contributed by atoms with Gasteiger partial charge in [0.2, 0.25) is 0 Å². The van der Waals surface area contributed by atoms with Gasteiger partial charge >= 0.3 is 0 Å². The molecule has 1 aromatic rings. The van der Waals surface area contributed by atoms with E-state index in [1.807, 2.05) is 0 Å². The molecule has 0 aromatic heterocycles. The van der Waals surface area contributed by atoms with Gasteiger partial charge in [0.15, 0.2) is 0 Å². The van der Waals surface area contributed by atoms with E-state index in [0.717, 1.165) is 0 Å². The molecule has 1 aromatic carbocycles. The third kappa shape index (κ3) is 2.96.